The predicted molar refractivity (Wildman–Crippen MR) is 171 cm³/mol. The Kier molecular flexibility index (Phi) is 5.56. The Morgan fingerprint density at radius 2 is 0.841 bits per heavy atom. The summed E-state index contributed by atoms with van der Waals surface area (Å²) in [6, 6.07) is 43.6. The van der Waals surface area contributed by atoms with Gasteiger partial charge < -0.3 is 8.83 Å². The standard InChI is InChI=1S/C39H19N3O2/c40-20-23-13-24(21-41)15-27(14-23)28-18-31(25-9-11-38-33(16-25)29-5-1-3-7-36(29)43-38)35(22-42)32(19-28)26-10-12-39-34(17-26)30-6-2-4-8-37(30)44-39/h1-19H. The molecule has 2 heterocycles. The van der Waals surface area contributed by atoms with Crippen LogP contribution in [0.5, 0.6) is 0 Å². The van der Waals surface area contributed by atoms with E-state index in [0.717, 1.165) is 77.3 Å². The lowest BCUT2D eigenvalue weighted by Gasteiger charge is -2.15. The van der Waals surface area contributed by atoms with Crippen molar-refractivity contribution in [1.29, 1.82) is 15.8 Å². The molecule has 5 heteroatoms. The number of furan rings is 2. The van der Waals surface area contributed by atoms with Gasteiger partial charge in [0.25, 0.3) is 0 Å². The van der Waals surface area contributed by atoms with Crippen LogP contribution in [0, 0.1) is 34.0 Å². The molecule has 0 radical (unpaired) electrons. The number of hydrogen-bond acceptors (Lipinski definition) is 5. The zero-order chi connectivity index (χ0) is 29.8. The molecule has 0 aliphatic rings. The average Bonchev–Trinajstić information content (AvgIpc) is 3.65. The van der Waals surface area contributed by atoms with Gasteiger partial charge in [-0.2, -0.15) is 15.8 Å². The molecular weight excluding hydrogens is 542 g/mol. The maximum Gasteiger partial charge on any atom is 0.135 e. The minimum Gasteiger partial charge on any atom is -0.456 e. The minimum absolute atomic E-state index is 0.393. The van der Waals surface area contributed by atoms with E-state index < -0.39 is 0 Å². The highest BCUT2D eigenvalue weighted by Gasteiger charge is 2.19. The molecule has 0 aliphatic carbocycles. The van der Waals surface area contributed by atoms with Gasteiger partial charge in [0.2, 0.25) is 0 Å². The Bertz CT molecular complexity index is 2430. The highest BCUT2D eigenvalue weighted by molar-refractivity contribution is 6.08. The topological polar surface area (TPSA) is 97.6 Å². The summed E-state index contributed by atoms with van der Waals surface area (Å²) in [5.74, 6) is 0. The normalized spacial score (nSPS) is 11.1. The summed E-state index contributed by atoms with van der Waals surface area (Å²) in [4.78, 5) is 0. The summed E-state index contributed by atoms with van der Waals surface area (Å²) in [5, 5.41) is 34.0. The lowest BCUT2D eigenvalue weighted by atomic mass is 9.87. The van der Waals surface area contributed by atoms with Gasteiger partial charge in [0.05, 0.1) is 28.8 Å². The van der Waals surface area contributed by atoms with E-state index >= 15 is 0 Å². The fraction of sp³-hybridized carbons (Fsp3) is 0. The van der Waals surface area contributed by atoms with Crippen LogP contribution in [0.3, 0.4) is 0 Å². The Balaban J connectivity index is 1.43. The number of nitriles is 3. The first-order valence-corrected chi connectivity index (χ1v) is 14.0. The van der Waals surface area contributed by atoms with Gasteiger partial charge in [-0.1, -0.05) is 48.5 Å². The number of fused-ring (bicyclic) bond motifs is 6. The van der Waals surface area contributed by atoms with Crippen molar-refractivity contribution in [3.63, 3.8) is 0 Å². The number of nitrogens with zero attached hydrogens (tertiary/aromatic N) is 3. The third kappa shape index (κ3) is 3.92. The molecule has 0 unspecified atom stereocenters. The van der Waals surface area contributed by atoms with Crippen LogP contribution in [0.4, 0.5) is 0 Å². The Morgan fingerprint density at radius 1 is 0.386 bits per heavy atom. The monoisotopic (exact) mass is 561 g/mol. The van der Waals surface area contributed by atoms with Gasteiger partial charge in [-0.15, -0.1) is 0 Å². The molecule has 0 saturated carbocycles. The van der Waals surface area contributed by atoms with E-state index in [1.54, 1.807) is 18.2 Å². The molecule has 2 aromatic heterocycles. The van der Waals surface area contributed by atoms with Crippen LogP contribution in [0.1, 0.15) is 16.7 Å². The molecule has 6 aromatic carbocycles. The van der Waals surface area contributed by atoms with Gasteiger partial charge in [-0.05, 0) is 89.0 Å². The summed E-state index contributed by atoms with van der Waals surface area (Å²) in [7, 11) is 0. The molecule has 8 aromatic rings. The summed E-state index contributed by atoms with van der Waals surface area (Å²) < 4.78 is 12.1. The highest BCUT2D eigenvalue weighted by Crippen LogP contribution is 2.41. The molecule has 0 fully saturated rings. The molecule has 0 spiro atoms. The lowest BCUT2D eigenvalue weighted by Crippen LogP contribution is -1.94. The molecule has 0 aliphatic heterocycles. The molecule has 0 saturated heterocycles. The fourth-order valence-corrected chi connectivity index (χ4v) is 6.10. The third-order valence-corrected chi connectivity index (χ3v) is 8.15. The maximum atomic E-state index is 10.7. The van der Waals surface area contributed by atoms with Gasteiger partial charge in [-0.25, -0.2) is 0 Å². The number of benzene rings is 6. The lowest BCUT2D eigenvalue weighted by molar-refractivity contribution is 0.668. The Labute approximate surface area is 251 Å². The van der Waals surface area contributed by atoms with Crippen LogP contribution in [-0.2, 0) is 0 Å². The van der Waals surface area contributed by atoms with Crippen LogP contribution >= 0.6 is 0 Å². The highest BCUT2D eigenvalue weighted by atomic mass is 16.3. The SMILES string of the molecule is N#Cc1cc(C#N)cc(-c2cc(-c3ccc4oc5ccccc5c4c3)c(C#N)c(-c3ccc4oc5ccccc5c4c3)c2)c1. The largest absolute Gasteiger partial charge is 0.456 e. The van der Waals surface area contributed by atoms with Crippen molar-refractivity contribution in [3.8, 4) is 51.6 Å². The minimum atomic E-state index is 0.393. The van der Waals surface area contributed by atoms with E-state index in [1.165, 1.54) is 0 Å². The summed E-state index contributed by atoms with van der Waals surface area (Å²) in [5.41, 5.74) is 9.14. The van der Waals surface area contributed by atoms with Crippen molar-refractivity contribution in [2.75, 3.05) is 0 Å². The number of para-hydroxylation sites is 2. The second kappa shape index (κ2) is 9.74. The van der Waals surface area contributed by atoms with Crippen LogP contribution in [-0.4, -0.2) is 0 Å². The van der Waals surface area contributed by atoms with Crippen LogP contribution < -0.4 is 0 Å². The molecule has 0 bridgehead atoms. The second-order valence-corrected chi connectivity index (χ2v) is 10.7. The summed E-state index contributed by atoms with van der Waals surface area (Å²) >= 11 is 0. The van der Waals surface area contributed by atoms with Crippen molar-refractivity contribution < 1.29 is 8.83 Å². The summed E-state index contributed by atoms with van der Waals surface area (Å²) in [6.07, 6.45) is 0. The third-order valence-electron chi connectivity index (χ3n) is 8.15. The van der Waals surface area contributed by atoms with Crippen LogP contribution in [0.15, 0.2) is 124 Å². The molecule has 44 heavy (non-hydrogen) atoms. The Morgan fingerprint density at radius 3 is 1.32 bits per heavy atom. The molecule has 5 nitrogen and oxygen atoms in total. The van der Waals surface area contributed by atoms with Crippen LogP contribution in [0.25, 0.3) is 77.3 Å². The first kappa shape index (κ1) is 25.1. The van der Waals surface area contributed by atoms with Crippen molar-refractivity contribution >= 4 is 43.9 Å². The number of rotatable bonds is 3. The van der Waals surface area contributed by atoms with E-state index in [0.29, 0.717) is 16.7 Å². The first-order valence-electron chi connectivity index (χ1n) is 14.0. The molecule has 202 valence electrons. The maximum absolute atomic E-state index is 10.7. The zero-order valence-corrected chi connectivity index (χ0v) is 23.1. The Hall–Kier alpha value is -6.61. The average molecular weight is 562 g/mol. The van der Waals surface area contributed by atoms with Gasteiger partial charge in [0, 0.05) is 32.7 Å². The second-order valence-electron chi connectivity index (χ2n) is 10.7. The summed E-state index contributed by atoms with van der Waals surface area (Å²) in [6.45, 7) is 0. The first-order chi connectivity index (χ1) is 21.6. The molecule has 0 N–H and O–H groups in total. The van der Waals surface area contributed by atoms with Crippen LogP contribution in [0.2, 0.25) is 0 Å². The number of hydrogen-bond donors (Lipinski definition) is 0. The van der Waals surface area contributed by atoms with Gasteiger partial charge in [0.1, 0.15) is 28.4 Å². The van der Waals surface area contributed by atoms with Crippen molar-refractivity contribution in [2.24, 2.45) is 0 Å². The van der Waals surface area contributed by atoms with E-state index in [9.17, 15) is 15.8 Å². The van der Waals surface area contributed by atoms with E-state index in [1.807, 2.05) is 84.9 Å². The van der Waals surface area contributed by atoms with Crippen molar-refractivity contribution in [2.45, 2.75) is 0 Å². The zero-order valence-electron chi connectivity index (χ0n) is 23.1. The van der Waals surface area contributed by atoms with Gasteiger partial charge >= 0.3 is 0 Å². The van der Waals surface area contributed by atoms with Gasteiger partial charge in [-0.3, -0.25) is 0 Å². The van der Waals surface area contributed by atoms with E-state index in [-0.39, 0.29) is 0 Å². The molecule has 0 amide bonds. The smallest absolute Gasteiger partial charge is 0.135 e. The fourth-order valence-electron chi connectivity index (χ4n) is 6.10. The van der Waals surface area contributed by atoms with Gasteiger partial charge in [0.15, 0.2) is 0 Å². The predicted octanol–water partition coefficient (Wildman–Crippen LogP) is 10.1. The van der Waals surface area contributed by atoms with E-state index in [4.69, 9.17) is 8.83 Å². The molecule has 0 atom stereocenters. The van der Waals surface area contributed by atoms with Crippen molar-refractivity contribution in [1.82, 2.24) is 0 Å². The molecule has 8 rings (SSSR count). The van der Waals surface area contributed by atoms with Crippen molar-refractivity contribution in [3.05, 3.63) is 132 Å². The quantitative estimate of drug-likeness (QED) is 0.214. The molecular formula is C39H19N3O2. The van der Waals surface area contributed by atoms with E-state index in [2.05, 4.69) is 30.3 Å².